The lowest BCUT2D eigenvalue weighted by atomic mass is 10.0. The molecule has 3 amide bonds. The number of carbonyl (C=O) groups excluding carboxylic acids is 2. The summed E-state index contributed by atoms with van der Waals surface area (Å²) >= 11 is 0. The zero-order chi connectivity index (χ0) is 20.2. The smallest absolute Gasteiger partial charge is 0.319 e. The van der Waals surface area contributed by atoms with Crippen LogP contribution in [0, 0.1) is 0 Å². The van der Waals surface area contributed by atoms with Crippen LogP contribution in [-0.4, -0.2) is 22.1 Å². The Morgan fingerprint density at radius 2 is 1.79 bits per heavy atom. The molecule has 7 heteroatoms. The van der Waals surface area contributed by atoms with E-state index in [0.29, 0.717) is 23.5 Å². The zero-order valence-corrected chi connectivity index (χ0v) is 15.5. The molecular weight excluding hydrogens is 366 g/mol. The van der Waals surface area contributed by atoms with Crippen LogP contribution in [0.1, 0.15) is 15.9 Å². The van der Waals surface area contributed by atoms with E-state index in [-0.39, 0.29) is 6.03 Å². The fourth-order valence-corrected chi connectivity index (χ4v) is 3.09. The van der Waals surface area contributed by atoms with Gasteiger partial charge in [0.05, 0.1) is 11.2 Å². The minimum Gasteiger partial charge on any atom is -0.366 e. The third-order valence-electron chi connectivity index (χ3n) is 4.54. The predicted octanol–water partition coefficient (Wildman–Crippen LogP) is 3.65. The summed E-state index contributed by atoms with van der Waals surface area (Å²) in [6.45, 7) is 0.437. The molecule has 0 saturated carbocycles. The first-order chi connectivity index (χ1) is 14.1. The van der Waals surface area contributed by atoms with Gasteiger partial charge in [0.25, 0.3) is 0 Å². The molecule has 0 unspecified atom stereocenters. The van der Waals surface area contributed by atoms with Crippen molar-refractivity contribution in [3.63, 3.8) is 0 Å². The molecule has 0 atom stereocenters. The number of hydrogen-bond donors (Lipinski definition) is 4. The van der Waals surface area contributed by atoms with E-state index in [4.69, 9.17) is 5.73 Å². The number of urea groups is 1. The van der Waals surface area contributed by atoms with E-state index in [1.807, 2.05) is 48.5 Å². The van der Waals surface area contributed by atoms with E-state index < -0.39 is 5.91 Å². The molecule has 3 aromatic carbocycles. The third-order valence-corrected chi connectivity index (χ3v) is 4.54. The maximum atomic E-state index is 12.2. The Hall–Kier alpha value is -4.13. The van der Waals surface area contributed by atoms with Crippen LogP contribution in [0.15, 0.2) is 72.8 Å². The summed E-state index contributed by atoms with van der Waals surface area (Å²) < 4.78 is 0. The molecule has 5 N–H and O–H groups in total. The van der Waals surface area contributed by atoms with Crippen molar-refractivity contribution in [1.82, 2.24) is 15.5 Å². The molecule has 144 valence electrons. The van der Waals surface area contributed by atoms with Crippen molar-refractivity contribution in [1.29, 1.82) is 0 Å². The minimum absolute atomic E-state index is 0.297. The predicted molar refractivity (Wildman–Crippen MR) is 112 cm³/mol. The Kier molecular flexibility index (Phi) is 4.94. The number of nitrogens with zero attached hydrogens (tertiary/aromatic N) is 1. The highest BCUT2D eigenvalue weighted by Gasteiger charge is 2.12. The van der Waals surface area contributed by atoms with Crippen LogP contribution >= 0.6 is 0 Å². The number of nitrogens with two attached hydrogens (primary N) is 1. The Labute approximate surface area is 166 Å². The fourth-order valence-electron chi connectivity index (χ4n) is 3.09. The number of carbonyl (C=O) groups is 2. The number of fused-ring (bicyclic) bond motifs is 1. The number of aromatic nitrogens is 2. The first kappa shape index (κ1) is 18.2. The van der Waals surface area contributed by atoms with Gasteiger partial charge in [-0.25, -0.2) is 4.79 Å². The molecule has 4 aromatic rings. The first-order valence-corrected chi connectivity index (χ1v) is 9.07. The normalized spacial score (nSPS) is 10.6. The summed E-state index contributed by atoms with van der Waals surface area (Å²) in [6, 6.07) is 21.9. The van der Waals surface area contributed by atoms with Crippen molar-refractivity contribution in [2.24, 2.45) is 5.73 Å². The number of anilines is 1. The van der Waals surface area contributed by atoms with Gasteiger partial charge in [-0.2, -0.15) is 5.10 Å². The number of primary amides is 1. The van der Waals surface area contributed by atoms with Crippen molar-refractivity contribution in [2.75, 3.05) is 5.32 Å². The summed E-state index contributed by atoms with van der Waals surface area (Å²) in [5.41, 5.74) is 9.73. The summed E-state index contributed by atoms with van der Waals surface area (Å²) in [4.78, 5) is 23.7. The van der Waals surface area contributed by atoms with Crippen LogP contribution in [0.25, 0.3) is 22.2 Å². The maximum Gasteiger partial charge on any atom is 0.319 e. The molecule has 0 fully saturated rings. The number of amides is 3. The lowest BCUT2D eigenvalue weighted by molar-refractivity contribution is 0.100. The van der Waals surface area contributed by atoms with Crippen molar-refractivity contribution in [2.45, 2.75) is 6.54 Å². The lowest BCUT2D eigenvalue weighted by Crippen LogP contribution is -2.28. The monoisotopic (exact) mass is 385 g/mol. The molecule has 0 bridgehead atoms. The van der Waals surface area contributed by atoms with E-state index in [1.54, 1.807) is 24.3 Å². The fraction of sp³-hybridized carbons (Fsp3) is 0.0455. The number of rotatable bonds is 5. The molecule has 29 heavy (non-hydrogen) atoms. The summed E-state index contributed by atoms with van der Waals surface area (Å²) in [6.07, 6.45) is 0. The zero-order valence-electron chi connectivity index (χ0n) is 15.5. The molecule has 0 saturated heterocycles. The van der Waals surface area contributed by atoms with E-state index >= 15 is 0 Å². The second-order valence-electron chi connectivity index (χ2n) is 6.57. The summed E-state index contributed by atoms with van der Waals surface area (Å²) in [5.74, 6) is -0.496. The van der Waals surface area contributed by atoms with Gasteiger partial charge in [-0.3, -0.25) is 9.89 Å². The quantitative estimate of drug-likeness (QED) is 0.420. The van der Waals surface area contributed by atoms with Crippen LogP contribution in [0.5, 0.6) is 0 Å². The third kappa shape index (κ3) is 4.08. The SMILES string of the molecule is NC(=O)c1ccc2[nH]nc(-c3cccc(NC(=O)NCc4ccccc4)c3)c2c1. The lowest BCUT2D eigenvalue weighted by Gasteiger charge is -2.09. The Morgan fingerprint density at radius 3 is 2.59 bits per heavy atom. The Morgan fingerprint density at radius 1 is 0.966 bits per heavy atom. The average molecular weight is 385 g/mol. The first-order valence-electron chi connectivity index (χ1n) is 9.07. The summed E-state index contributed by atoms with van der Waals surface area (Å²) in [5, 5.41) is 13.7. The molecule has 1 aromatic heterocycles. The second kappa shape index (κ2) is 7.85. The van der Waals surface area contributed by atoms with Gasteiger partial charge in [0, 0.05) is 28.7 Å². The standard InChI is InChI=1S/C22H19N5O2/c23-21(28)16-9-10-19-18(12-16)20(27-26-19)15-7-4-8-17(11-15)25-22(29)24-13-14-5-2-1-3-6-14/h1-12H,13H2,(H2,23,28)(H,26,27)(H2,24,25,29). The van der Waals surface area contributed by atoms with E-state index in [0.717, 1.165) is 22.0 Å². The number of nitrogens with one attached hydrogen (secondary N) is 3. The van der Waals surface area contributed by atoms with Gasteiger partial charge in [-0.05, 0) is 35.9 Å². The highest BCUT2D eigenvalue weighted by Crippen LogP contribution is 2.28. The van der Waals surface area contributed by atoms with Gasteiger partial charge in [-0.1, -0.05) is 42.5 Å². The van der Waals surface area contributed by atoms with E-state index in [2.05, 4.69) is 20.8 Å². The molecule has 0 aliphatic rings. The largest absolute Gasteiger partial charge is 0.366 e. The highest BCUT2D eigenvalue weighted by atomic mass is 16.2. The van der Waals surface area contributed by atoms with E-state index in [9.17, 15) is 9.59 Å². The van der Waals surface area contributed by atoms with Gasteiger partial charge in [0.2, 0.25) is 5.91 Å². The number of aromatic amines is 1. The number of benzene rings is 3. The number of H-pyrrole nitrogens is 1. The molecule has 0 aliphatic heterocycles. The van der Waals surface area contributed by atoms with Crippen molar-refractivity contribution in [3.8, 4) is 11.3 Å². The van der Waals surface area contributed by atoms with Gasteiger partial charge in [0.1, 0.15) is 0 Å². The molecule has 4 rings (SSSR count). The van der Waals surface area contributed by atoms with Crippen molar-refractivity contribution >= 4 is 28.5 Å². The van der Waals surface area contributed by atoms with Crippen LogP contribution in [-0.2, 0) is 6.54 Å². The molecule has 1 heterocycles. The molecule has 0 aliphatic carbocycles. The molecule has 7 nitrogen and oxygen atoms in total. The van der Waals surface area contributed by atoms with Gasteiger partial charge < -0.3 is 16.4 Å². The van der Waals surface area contributed by atoms with Crippen molar-refractivity contribution < 1.29 is 9.59 Å². The van der Waals surface area contributed by atoms with Gasteiger partial charge in [-0.15, -0.1) is 0 Å². The second-order valence-corrected chi connectivity index (χ2v) is 6.57. The van der Waals surface area contributed by atoms with E-state index in [1.165, 1.54) is 0 Å². The Balaban J connectivity index is 1.53. The van der Waals surface area contributed by atoms with Gasteiger partial charge in [0.15, 0.2) is 0 Å². The van der Waals surface area contributed by atoms with Crippen LogP contribution in [0.3, 0.4) is 0 Å². The molecule has 0 radical (unpaired) electrons. The molecule has 0 spiro atoms. The Bertz CT molecular complexity index is 1180. The molecular formula is C22H19N5O2. The summed E-state index contributed by atoms with van der Waals surface area (Å²) in [7, 11) is 0. The van der Waals surface area contributed by atoms with Crippen LogP contribution in [0.4, 0.5) is 10.5 Å². The average Bonchev–Trinajstić information content (AvgIpc) is 3.16. The van der Waals surface area contributed by atoms with Gasteiger partial charge >= 0.3 is 6.03 Å². The maximum absolute atomic E-state index is 12.2. The highest BCUT2D eigenvalue weighted by molar-refractivity contribution is 6.01. The van der Waals surface area contributed by atoms with Crippen LogP contribution in [0.2, 0.25) is 0 Å². The topological polar surface area (TPSA) is 113 Å². The van der Waals surface area contributed by atoms with Crippen molar-refractivity contribution in [3.05, 3.63) is 83.9 Å². The number of hydrogen-bond acceptors (Lipinski definition) is 3. The minimum atomic E-state index is -0.496. The van der Waals surface area contributed by atoms with Crippen LogP contribution < -0.4 is 16.4 Å².